The second-order valence-corrected chi connectivity index (χ2v) is 12.6. The Labute approximate surface area is 267 Å². The highest BCUT2D eigenvalue weighted by Crippen LogP contribution is 2.44. The van der Waals surface area contributed by atoms with Crippen LogP contribution in [-0.2, 0) is 37.4 Å². The zero-order valence-corrected chi connectivity index (χ0v) is 28.3. The minimum absolute atomic E-state index is 0.0755. The maximum Gasteiger partial charge on any atom is 0.475 e. The van der Waals surface area contributed by atoms with Crippen molar-refractivity contribution in [1.29, 1.82) is 0 Å². The van der Waals surface area contributed by atoms with Crippen LogP contribution in [-0.4, -0.2) is 66.1 Å². The lowest BCUT2D eigenvalue weighted by atomic mass is 10.1. The quantitative estimate of drug-likeness (QED) is 0.0661. The first-order valence-electron chi connectivity index (χ1n) is 16.1. The van der Waals surface area contributed by atoms with Crippen molar-refractivity contribution in [2.45, 2.75) is 117 Å². The van der Waals surface area contributed by atoms with Gasteiger partial charge in [-0.15, -0.1) is 0 Å². The Morgan fingerprint density at radius 1 is 1.04 bits per heavy atom. The topological polar surface area (TPSA) is 191 Å². The number of ether oxygens (including phenoxy) is 3. The van der Waals surface area contributed by atoms with E-state index in [1.807, 2.05) is 6.92 Å². The highest BCUT2D eigenvalue weighted by Gasteiger charge is 2.36. The van der Waals surface area contributed by atoms with Crippen LogP contribution in [0.15, 0.2) is 17.1 Å². The van der Waals surface area contributed by atoms with Crippen LogP contribution in [0.2, 0.25) is 0 Å². The third kappa shape index (κ3) is 19.0. The Balaban J connectivity index is 0.000000656. The molecule has 15 heteroatoms. The second-order valence-electron chi connectivity index (χ2n) is 11.1. The summed E-state index contributed by atoms with van der Waals surface area (Å²) in [5.74, 6) is -1.58. The van der Waals surface area contributed by atoms with E-state index in [0.717, 1.165) is 0 Å². The number of nitrogens with two attached hydrogens (primary N) is 1. The summed E-state index contributed by atoms with van der Waals surface area (Å²) in [4.78, 5) is 48.1. The summed E-state index contributed by atoms with van der Waals surface area (Å²) < 4.78 is 37.6. The molecule has 1 aromatic heterocycles. The molecule has 1 aliphatic heterocycles. The third-order valence-electron chi connectivity index (χ3n) is 7.08. The molecule has 4 atom stereocenters. The van der Waals surface area contributed by atoms with Crippen LogP contribution in [0.3, 0.4) is 0 Å². The predicted octanol–water partition coefficient (Wildman–Crippen LogP) is 4.85. The smallest absolute Gasteiger partial charge is 0.454 e. The summed E-state index contributed by atoms with van der Waals surface area (Å²) >= 11 is 0. The fourth-order valence-electron chi connectivity index (χ4n) is 4.58. The number of hydrogen-bond acceptors (Lipinski definition) is 12. The van der Waals surface area contributed by atoms with E-state index in [0.29, 0.717) is 13.0 Å². The van der Waals surface area contributed by atoms with Crippen molar-refractivity contribution in [1.82, 2.24) is 14.9 Å². The number of carbonyl (C=O) groups excluding carboxylic acids is 2. The van der Waals surface area contributed by atoms with E-state index in [9.17, 15) is 23.8 Å². The molecule has 1 saturated heterocycles. The van der Waals surface area contributed by atoms with Gasteiger partial charge in [-0.1, -0.05) is 91.4 Å². The number of phosphoric acid groups is 1. The Hall–Kier alpha value is -2.35. The number of nitrogens with zero attached hydrogens (tertiary/aromatic N) is 2. The number of rotatable bonds is 22. The van der Waals surface area contributed by atoms with Gasteiger partial charge in [0.2, 0.25) is 6.79 Å². The molecule has 1 aromatic rings. The van der Waals surface area contributed by atoms with Crippen LogP contribution in [0.25, 0.3) is 0 Å². The van der Waals surface area contributed by atoms with Crippen molar-refractivity contribution in [3.8, 4) is 0 Å². The van der Waals surface area contributed by atoms with Gasteiger partial charge >= 0.3 is 25.5 Å². The molecule has 4 unspecified atom stereocenters. The van der Waals surface area contributed by atoms with Crippen LogP contribution >= 0.6 is 7.82 Å². The van der Waals surface area contributed by atoms with Gasteiger partial charge in [0, 0.05) is 18.7 Å². The number of hydrogen-bond donors (Lipinski definition) is 3. The zero-order chi connectivity index (χ0) is 33.5. The summed E-state index contributed by atoms with van der Waals surface area (Å²) in [7, 11) is -2.89. The molecule has 0 amide bonds. The average molecular weight is 663 g/mol. The van der Waals surface area contributed by atoms with Crippen molar-refractivity contribution in [3.05, 3.63) is 22.7 Å². The summed E-state index contributed by atoms with van der Waals surface area (Å²) in [6.07, 6.45) is 16.7. The van der Waals surface area contributed by atoms with Crippen LogP contribution in [0.1, 0.15) is 110 Å². The molecule has 45 heavy (non-hydrogen) atoms. The highest BCUT2D eigenvalue weighted by molar-refractivity contribution is 7.47. The van der Waals surface area contributed by atoms with Gasteiger partial charge in [0.05, 0.1) is 19.1 Å². The number of aromatic nitrogens is 2. The van der Waals surface area contributed by atoms with Gasteiger partial charge in [-0.05, 0) is 19.5 Å². The molecule has 2 rings (SSSR count). The number of unbranched alkanes of at least 4 members (excludes halogenated alkanes) is 10. The molecule has 1 aliphatic rings. The normalized spacial score (nSPS) is 18.9. The van der Waals surface area contributed by atoms with Crippen LogP contribution < -0.4 is 16.7 Å². The lowest BCUT2D eigenvalue weighted by Gasteiger charge is -2.18. The van der Waals surface area contributed by atoms with Crippen molar-refractivity contribution >= 4 is 25.6 Å². The van der Waals surface area contributed by atoms with Crippen molar-refractivity contribution in [2.24, 2.45) is 5.92 Å². The fraction of sp³-hybridized carbons (Fsp3) is 0.800. The molecule has 4 N–H and O–H groups in total. The minimum atomic E-state index is -4.55. The summed E-state index contributed by atoms with van der Waals surface area (Å²) in [5.41, 5.74) is 4.90. The Morgan fingerprint density at radius 2 is 1.64 bits per heavy atom. The van der Waals surface area contributed by atoms with Crippen LogP contribution in [0.5, 0.6) is 0 Å². The van der Waals surface area contributed by atoms with Crippen LogP contribution in [0.4, 0.5) is 5.82 Å². The van der Waals surface area contributed by atoms with E-state index in [2.05, 4.69) is 38.1 Å². The maximum absolute atomic E-state index is 12.0. The van der Waals surface area contributed by atoms with Gasteiger partial charge in [0.25, 0.3) is 0 Å². The van der Waals surface area contributed by atoms with Crippen molar-refractivity contribution < 1.29 is 42.3 Å². The Morgan fingerprint density at radius 3 is 2.20 bits per heavy atom. The molecule has 0 radical (unpaired) electrons. The maximum atomic E-state index is 12.0. The molecular weight excluding hydrogens is 607 g/mol. The van der Waals surface area contributed by atoms with Crippen molar-refractivity contribution in [2.75, 3.05) is 39.3 Å². The van der Waals surface area contributed by atoms with Gasteiger partial charge < -0.3 is 30.2 Å². The molecule has 0 spiro atoms. The average Bonchev–Trinajstić information content (AvgIpc) is 3.37. The number of nitrogen functional groups attached to an aromatic ring is 1. The SMILES string of the molecule is CCCCCCCCCCCCC.CNCCC(=O)OCC(=O)OCOP(=O)(O)OCC1CC(C)C(n2ccc(N)nc2=O)O1. The lowest BCUT2D eigenvalue weighted by molar-refractivity contribution is -0.163. The first-order valence-corrected chi connectivity index (χ1v) is 17.6. The zero-order valence-electron chi connectivity index (χ0n) is 27.4. The largest absolute Gasteiger partial charge is 0.475 e. The van der Waals surface area contributed by atoms with E-state index in [-0.39, 0.29) is 24.8 Å². The molecule has 0 bridgehead atoms. The van der Waals surface area contributed by atoms with E-state index in [1.54, 1.807) is 7.05 Å². The predicted molar refractivity (Wildman–Crippen MR) is 170 cm³/mol. The summed E-state index contributed by atoms with van der Waals surface area (Å²) in [6, 6.07) is 1.46. The standard InChI is InChI=1S/C17H27N4O10P.C13H28/c1-11-7-12(31-16(11)21-6-4-13(18)20-17(21)24)8-29-32(25,26)30-10-28-15(23)9-27-14(22)3-5-19-2;1-3-5-7-9-11-13-12-10-8-6-4-2/h4,6,11-12,16,19H,3,5,7-10H2,1-2H3,(H,25,26)(H2,18,20,24);3-13H2,1-2H3. The van der Waals surface area contributed by atoms with Gasteiger partial charge in [-0.25, -0.2) is 18.7 Å². The second kappa shape index (κ2) is 23.9. The molecule has 260 valence electrons. The number of esters is 2. The molecule has 1 fully saturated rings. The molecule has 0 saturated carbocycles. The minimum Gasteiger partial charge on any atom is -0.454 e. The van der Waals surface area contributed by atoms with Crippen molar-refractivity contribution in [3.63, 3.8) is 0 Å². The van der Waals surface area contributed by atoms with E-state index in [4.69, 9.17) is 15.0 Å². The van der Waals surface area contributed by atoms with Gasteiger partial charge in [0.1, 0.15) is 12.0 Å². The van der Waals surface area contributed by atoms with E-state index >= 15 is 0 Å². The number of nitrogens with one attached hydrogen (secondary N) is 1. The van der Waals surface area contributed by atoms with E-state index in [1.165, 1.54) is 87.5 Å². The molecule has 0 aliphatic carbocycles. The third-order valence-corrected chi connectivity index (χ3v) is 7.98. The summed E-state index contributed by atoms with van der Waals surface area (Å²) in [5, 5.41) is 2.75. The first-order chi connectivity index (χ1) is 21.5. The Kier molecular flexibility index (Phi) is 21.6. The lowest BCUT2D eigenvalue weighted by Crippen LogP contribution is -2.29. The molecule has 2 heterocycles. The first kappa shape index (κ1) is 40.7. The molecule has 0 aromatic carbocycles. The highest BCUT2D eigenvalue weighted by atomic mass is 31.2. The Bertz CT molecular complexity index is 1060. The van der Waals surface area contributed by atoms with Gasteiger partial charge in [-0.2, -0.15) is 4.98 Å². The monoisotopic (exact) mass is 662 g/mol. The van der Waals surface area contributed by atoms with Gasteiger partial charge in [0.15, 0.2) is 6.61 Å². The fourth-order valence-corrected chi connectivity index (χ4v) is 5.19. The summed E-state index contributed by atoms with van der Waals surface area (Å²) in [6.45, 7) is 4.96. The molecule has 14 nitrogen and oxygen atoms in total. The number of carbonyl (C=O) groups is 2. The number of phosphoric ester groups is 1. The van der Waals surface area contributed by atoms with Crippen LogP contribution in [0, 0.1) is 5.92 Å². The van der Waals surface area contributed by atoms with E-state index < -0.39 is 51.2 Å². The van der Waals surface area contributed by atoms with Gasteiger partial charge in [-0.3, -0.25) is 13.9 Å². The molecular formula is C30H55N4O10P. The number of anilines is 1.